The number of aromatic amines is 1. The van der Waals surface area contributed by atoms with Gasteiger partial charge in [-0.1, -0.05) is 0 Å². The fourth-order valence-electron chi connectivity index (χ4n) is 1.10. The van der Waals surface area contributed by atoms with E-state index < -0.39 is 11.5 Å². The highest BCUT2D eigenvalue weighted by Crippen LogP contribution is 2.20. The zero-order chi connectivity index (χ0) is 9.19. The molecule has 1 rings (SSSR count). The molecular weight excluding hydrogens is 156 g/mol. The van der Waals surface area contributed by atoms with Gasteiger partial charge in [0.1, 0.15) is 0 Å². The molecule has 1 aromatic rings. The summed E-state index contributed by atoms with van der Waals surface area (Å²) in [6.45, 7) is 1.70. The molecule has 66 valence electrons. The lowest BCUT2D eigenvalue weighted by Crippen LogP contribution is -2.35. The summed E-state index contributed by atoms with van der Waals surface area (Å²) in [7, 11) is 0. The highest BCUT2D eigenvalue weighted by atomic mass is 16.4. The first kappa shape index (κ1) is 8.80. The van der Waals surface area contributed by atoms with Crippen LogP contribution in [-0.2, 0) is 10.3 Å². The fraction of sp³-hybridized carbons (Fsp3) is 0.375. The maximum atomic E-state index is 10.4. The third kappa shape index (κ3) is 1.85. The van der Waals surface area contributed by atoms with Crippen molar-refractivity contribution in [3.8, 4) is 0 Å². The molecule has 0 saturated heterocycles. The number of carboxylic acid groups (broad SMARTS) is 1. The molecule has 12 heavy (non-hydrogen) atoms. The van der Waals surface area contributed by atoms with Gasteiger partial charge in [0.05, 0.1) is 12.0 Å². The Morgan fingerprint density at radius 2 is 2.50 bits per heavy atom. The summed E-state index contributed by atoms with van der Waals surface area (Å²) in [5, 5.41) is 8.56. The molecule has 0 amide bonds. The van der Waals surface area contributed by atoms with E-state index in [-0.39, 0.29) is 6.42 Å². The van der Waals surface area contributed by atoms with Gasteiger partial charge >= 0.3 is 5.97 Å². The largest absolute Gasteiger partial charge is 0.481 e. The third-order valence-corrected chi connectivity index (χ3v) is 1.78. The number of rotatable bonds is 3. The first-order valence-corrected chi connectivity index (χ1v) is 3.66. The van der Waals surface area contributed by atoms with Crippen molar-refractivity contribution in [2.45, 2.75) is 18.9 Å². The normalized spacial score (nSPS) is 15.5. The minimum absolute atomic E-state index is 0.0646. The van der Waals surface area contributed by atoms with E-state index in [0.29, 0.717) is 0 Å². The third-order valence-electron chi connectivity index (χ3n) is 1.78. The van der Waals surface area contributed by atoms with E-state index >= 15 is 0 Å². The molecule has 1 atom stereocenters. The minimum Gasteiger partial charge on any atom is -0.481 e. The molecule has 0 aliphatic rings. The summed E-state index contributed by atoms with van der Waals surface area (Å²) in [6, 6.07) is 1.78. The summed E-state index contributed by atoms with van der Waals surface area (Å²) in [5.41, 5.74) is 5.81. The zero-order valence-electron chi connectivity index (χ0n) is 6.87. The highest BCUT2D eigenvalue weighted by molar-refractivity contribution is 5.68. The van der Waals surface area contributed by atoms with Crippen LogP contribution in [0.2, 0.25) is 0 Å². The molecule has 4 heteroatoms. The number of nitrogens with one attached hydrogen (secondary N) is 1. The Morgan fingerprint density at radius 1 is 1.83 bits per heavy atom. The van der Waals surface area contributed by atoms with Crippen molar-refractivity contribution in [3.63, 3.8) is 0 Å². The molecule has 4 nitrogen and oxygen atoms in total. The summed E-state index contributed by atoms with van der Waals surface area (Å²) in [6.07, 6.45) is 3.37. The van der Waals surface area contributed by atoms with Crippen LogP contribution in [-0.4, -0.2) is 16.1 Å². The van der Waals surface area contributed by atoms with Crippen molar-refractivity contribution in [2.24, 2.45) is 5.73 Å². The van der Waals surface area contributed by atoms with Gasteiger partial charge in [0.25, 0.3) is 0 Å². The molecule has 0 bridgehead atoms. The zero-order valence-corrected chi connectivity index (χ0v) is 6.87. The summed E-state index contributed by atoms with van der Waals surface area (Å²) < 4.78 is 0. The molecule has 0 aliphatic carbocycles. The van der Waals surface area contributed by atoms with Gasteiger partial charge in [0.15, 0.2) is 0 Å². The van der Waals surface area contributed by atoms with Gasteiger partial charge in [-0.05, 0) is 18.6 Å². The predicted molar refractivity (Wildman–Crippen MR) is 44.6 cm³/mol. The molecular formula is C8H12N2O2. The van der Waals surface area contributed by atoms with Gasteiger partial charge in [-0.3, -0.25) is 4.79 Å². The number of carbonyl (C=O) groups is 1. The summed E-state index contributed by atoms with van der Waals surface area (Å²) >= 11 is 0. The SMILES string of the molecule is CC(N)(CC(=O)O)c1cc[nH]c1. The molecule has 0 aromatic carbocycles. The Labute approximate surface area is 70.4 Å². The van der Waals surface area contributed by atoms with Crippen LogP contribution in [0.4, 0.5) is 0 Å². The Kier molecular flexibility index (Phi) is 2.19. The van der Waals surface area contributed by atoms with Crippen LogP contribution in [0.15, 0.2) is 18.5 Å². The number of carboxylic acids is 1. The molecule has 0 fully saturated rings. The minimum atomic E-state index is -0.888. The lowest BCUT2D eigenvalue weighted by Gasteiger charge is -2.20. The van der Waals surface area contributed by atoms with Crippen molar-refractivity contribution in [1.29, 1.82) is 0 Å². The topological polar surface area (TPSA) is 79.1 Å². The van der Waals surface area contributed by atoms with Crippen molar-refractivity contribution < 1.29 is 9.90 Å². The van der Waals surface area contributed by atoms with Crippen LogP contribution < -0.4 is 5.73 Å². The number of aromatic nitrogens is 1. The quantitative estimate of drug-likeness (QED) is 0.620. The van der Waals surface area contributed by atoms with E-state index in [9.17, 15) is 4.79 Å². The molecule has 1 heterocycles. The number of nitrogens with two attached hydrogens (primary N) is 1. The van der Waals surface area contributed by atoms with Gasteiger partial charge in [-0.15, -0.1) is 0 Å². The van der Waals surface area contributed by atoms with E-state index in [1.807, 2.05) is 0 Å². The Bertz CT molecular complexity index is 265. The molecule has 0 aliphatic heterocycles. The van der Waals surface area contributed by atoms with Gasteiger partial charge in [0.2, 0.25) is 0 Å². The fourth-order valence-corrected chi connectivity index (χ4v) is 1.10. The number of aliphatic carboxylic acids is 1. The second-order valence-electron chi connectivity index (χ2n) is 3.09. The number of hydrogen-bond donors (Lipinski definition) is 3. The molecule has 1 unspecified atom stereocenters. The van der Waals surface area contributed by atoms with Gasteiger partial charge in [0, 0.05) is 12.4 Å². The van der Waals surface area contributed by atoms with Crippen molar-refractivity contribution in [2.75, 3.05) is 0 Å². The van der Waals surface area contributed by atoms with Crippen LogP contribution >= 0.6 is 0 Å². The molecule has 0 radical (unpaired) electrons. The van der Waals surface area contributed by atoms with E-state index in [1.165, 1.54) is 0 Å². The van der Waals surface area contributed by atoms with Crippen LogP contribution in [0.1, 0.15) is 18.9 Å². The van der Waals surface area contributed by atoms with Crippen LogP contribution in [0, 0.1) is 0 Å². The molecule has 0 spiro atoms. The lowest BCUT2D eigenvalue weighted by molar-refractivity contribution is -0.138. The highest BCUT2D eigenvalue weighted by Gasteiger charge is 2.24. The monoisotopic (exact) mass is 168 g/mol. The Balaban J connectivity index is 2.79. The summed E-state index contributed by atoms with van der Waals surface area (Å²) in [5.74, 6) is -0.888. The first-order chi connectivity index (χ1) is 5.52. The maximum absolute atomic E-state index is 10.4. The molecule has 0 saturated carbocycles. The van der Waals surface area contributed by atoms with E-state index in [1.54, 1.807) is 25.4 Å². The Hall–Kier alpha value is -1.29. The van der Waals surface area contributed by atoms with E-state index in [0.717, 1.165) is 5.56 Å². The molecule has 1 aromatic heterocycles. The smallest absolute Gasteiger partial charge is 0.305 e. The summed E-state index contributed by atoms with van der Waals surface area (Å²) in [4.78, 5) is 13.3. The Morgan fingerprint density at radius 3 is 2.92 bits per heavy atom. The second kappa shape index (κ2) is 2.98. The average Bonchev–Trinajstić information content (AvgIpc) is 2.32. The number of H-pyrrole nitrogens is 1. The standard InChI is InChI=1S/C8H12N2O2/c1-8(9,4-7(11)12)6-2-3-10-5-6/h2-3,5,10H,4,9H2,1H3,(H,11,12). The maximum Gasteiger partial charge on any atom is 0.305 e. The van der Waals surface area contributed by atoms with Crippen LogP contribution in [0.5, 0.6) is 0 Å². The second-order valence-corrected chi connectivity index (χ2v) is 3.09. The van der Waals surface area contributed by atoms with Crippen LogP contribution in [0.25, 0.3) is 0 Å². The predicted octanol–water partition coefficient (Wildman–Crippen LogP) is 0.663. The first-order valence-electron chi connectivity index (χ1n) is 3.66. The van der Waals surface area contributed by atoms with Crippen LogP contribution in [0.3, 0.4) is 0 Å². The average molecular weight is 168 g/mol. The van der Waals surface area contributed by atoms with E-state index in [2.05, 4.69) is 4.98 Å². The van der Waals surface area contributed by atoms with Crippen molar-refractivity contribution in [1.82, 2.24) is 4.98 Å². The number of hydrogen-bond acceptors (Lipinski definition) is 2. The van der Waals surface area contributed by atoms with Gasteiger partial charge in [-0.25, -0.2) is 0 Å². The lowest BCUT2D eigenvalue weighted by atomic mass is 9.92. The van der Waals surface area contributed by atoms with Gasteiger partial charge < -0.3 is 15.8 Å². The molecule has 4 N–H and O–H groups in total. The van der Waals surface area contributed by atoms with Gasteiger partial charge in [-0.2, -0.15) is 0 Å². The van der Waals surface area contributed by atoms with E-state index in [4.69, 9.17) is 10.8 Å². The van der Waals surface area contributed by atoms with Crippen molar-refractivity contribution >= 4 is 5.97 Å². The van der Waals surface area contributed by atoms with Crippen molar-refractivity contribution in [3.05, 3.63) is 24.0 Å².